The fraction of sp³-hybridized carbons (Fsp3) is 0.600. The summed E-state index contributed by atoms with van der Waals surface area (Å²) < 4.78 is 6.36. The molecular weight excluding hydrogens is 334 g/mol. The van der Waals surface area contributed by atoms with Crippen molar-refractivity contribution in [3.63, 3.8) is 0 Å². The zero-order valence-electron chi connectivity index (χ0n) is 12.7. The normalized spacial score (nSPS) is 21.3. The minimum absolute atomic E-state index is 0.0234. The van der Waals surface area contributed by atoms with Crippen LogP contribution in [0.4, 0.5) is 5.82 Å². The number of rotatable bonds is 5. The molecule has 0 spiro atoms. The van der Waals surface area contributed by atoms with Crippen LogP contribution in [-0.4, -0.2) is 48.1 Å². The molecule has 21 heavy (non-hydrogen) atoms. The minimum Gasteiger partial charge on any atom is -0.376 e. The number of nitrogens with zero attached hydrogens (tertiary/aromatic N) is 2. The molecule has 1 N–H and O–H groups in total. The van der Waals surface area contributed by atoms with Gasteiger partial charge >= 0.3 is 0 Å². The lowest BCUT2D eigenvalue weighted by Crippen LogP contribution is -2.41. The van der Waals surface area contributed by atoms with Gasteiger partial charge in [-0.05, 0) is 41.8 Å². The van der Waals surface area contributed by atoms with Crippen molar-refractivity contribution in [3.8, 4) is 0 Å². The van der Waals surface area contributed by atoms with E-state index in [1.807, 2.05) is 20.0 Å². The van der Waals surface area contributed by atoms with Gasteiger partial charge in [-0.3, -0.25) is 4.79 Å². The highest BCUT2D eigenvalue weighted by Gasteiger charge is 2.32. The number of carbonyl (C=O) groups excluding carboxylic acids is 1. The molecular formula is C15H22BrN3O2. The zero-order chi connectivity index (χ0) is 15.4. The van der Waals surface area contributed by atoms with E-state index in [0.717, 1.165) is 23.9 Å². The Hall–Kier alpha value is -1.14. The Morgan fingerprint density at radius 2 is 2.38 bits per heavy atom. The molecule has 0 bridgehead atoms. The van der Waals surface area contributed by atoms with Gasteiger partial charge < -0.3 is 15.0 Å². The third-order valence-corrected chi connectivity index (χ3v) is 4.21. The lowest BCUT2D eigenvalue weighted by Gasteiger charge is -2.27. The van der Waals surface area contributed by atoms with Crippen LogP contribution < -0.4 is 5.32 Å². The number of nitrogens with one attached hydrogen (secondary N) is 1. The maximum atomic E-state index is 12.8. The standard InChI is InChI=1S/C15H22BrN3O2/c1-4-6-17-14-12(8-11(16)9-18-14)15(20)19(3)13-5-7-21-10(13)2/h8-10,13H,4-7H2,1-3H3,(H,17,18). The Labute approximate surface area is 134 Å². The summed E-state index contributed by atoms with van der Waals surface area (Å²) in [5.41, 5.74) is 0.597. The Morgan fingerprint density at radius 3 is 3.00 bits per heavy atom. The van der Waals surface area contributed by atoms with E-state index < -0.39 is 0 Å². The van der Waals surface area contributed by atoms with E-state index in [1.165, 1.54) is 0 Å². The molecule has 1 amide bonds. The van der Waals surface area contributed by atoms with Crippen molar-refractivity contribution in [3.05, 3.63) is 22.3 Å². The SMILES string of the molecule is CCCNc1ncc(Br)cc1C(=O)N(C)C1CCOC1C. The zero-order valence-corrected chi connectivity index (χ0v) is 14.3. The first-order valence-corrected chi connectivity index (χ1v) is 8.12. The summed E-state index contributed by atoms with van der Waals surface area (Å²) in [5.74, 6) is 0.619. The number of hydrogen-bond acceptors (Lipinski definition) is 4. The quantitative estimate of drug-likeness (QED) is 0.882. The summed E-state index contributed by atoms with van der Waals surface area (Å²) in [7, 11) is 1.84. The van der Waals surface area contributed by atoms with Crippen LogP contribution in [0.2, 0.25) is 0 Å². The molecule has 2 atom stereocenters. The summed E-state index contributed by atoms with van der Waals surface area (Å²) >= 11 is 3.39. The van der Waals surface area contributed by atoms with Crippen LogP contribution in [0.15, 0.2) is 16.7 Å². The Morgan fingerprint density at radius 1 is 1.62 bits per heavy atom. The van der Waals surface area contributed by atoms with E-state index in [-0.39, 0.29) is 18.1 Å². The predicted octanol–water partition coefficient (Wildman–Crippen LogP) is 2.92. The number of likely N-dealkylation sites (N-methyl/N-ethyl adjacent to an activating group) is 1. The van der Waals surface area contributed by atoms with Crippen molar-refractivity contribution >= 4 is 27.7 Å². The van der Waals surface area contributed by atoms with Crippen molar-refractivity contribution in [1.29, 1.82) is 0 Å². The van der Waals surface area contributed by atoms with Gasteiger partial charge in [0.15, 0.2) is 0 Å². The monoisotopic (exact) mass is 355 g/mol. The predicted molar refractivity (Wildman–Crippen MR) is 86.6 cm³/mol. The Kier molecular flexibility index (Phi) is 5.58. The number of halogens is 1. The Bertz CT molecular complexity index is 510. The van der Waals surface area contributed by atoms with Crippen LogP contribution >= 0.6 is 15.9 Å². The summed E-state index contributed by atoms with van der Waals surface area (Å²) in [6.45, 7) is 5.59. The van der Waals surface area contributed by atoms with Crippen LogP contribution in [0.3, 0.4) is 0 Å². The molecule has 2 rings (SSSR count). The molecule has 5 nitrogen and oxygen atoms in total. The van der Waals surface area contributed by atoms with Gasteiger partial charge in [0, 0.05) is 30.9 Å². The molecule has 1 aromatic heterocycles. The van der Waals surface area contributed by atoms with Gasteiger partial charge in [-0.15, -0.1) is 0 Å². The van der Waals surface area contributed by atoms with E-state index in [2.05, 4.69) is 33.2 Å². The Balaban J connectivity index is 2.22. The van der Waals surface area contributed by atoms with Gasteiger partial charge in [-0.2, -0.15) is 0 Å². The average Bonchev–Trinajstić information content (AvgIpc) is 2.90. The summed E-state index contributed by atoms with van der Waals surface area (Å²) in [4.78, 5) is 18.9. The number of hydrogen-bond donors (Lipinski definition) is 1. The molecule has 1 fully saturated rings. The molecule has 0 aromatic carbocycles. The van der Waals surface area contributed by atoms with Crippen molar-refractivity contribution in [2.45, 2.75) is 38.8 Å². The number of carbonyl (C=O) groups is 1. The van der Waals surface area contributed by atoms with Gasteiger partial charge in [-0.1, -0.05) is 6.92 Å². The molecule has 2 heterocycles. The molecule has 2 unspecified atom stereocenters. The topological polar surface area (TPSA) is 54.5 Å². The highest BCUT2D eigenvalue weighted by molar-refractivity contribution is 9.10. The van der Waals surface area contributed by atoms with Crippen LogP contribution in [0, 0.1) is 0 Å². The van der Waals surface area contributed by atoms with E-state index in [1.54, 1.807) is 11.1 Å². The molecule has 0 aliphatic carbocycles. The molecule has 6 heteroatoms. The molecule has 0 radical (unpaired) electrons. The average molecular weight is 356 g/mol. The maximum Gasteiger partial charge on any atom is 0.257 e. The van der Waals surface area contributed by atoms with Crippen LogP contribution in [-0.2, 0) is 4.74 Å². The second-order valence-electron chi connectivity index (χ2n) is 5.32. The van der Waals surface area contributed by atoms with Crippen LogP contribution in [0.25, 0.3) is 0 Å². The highest BCUT2D eigenvalue weighted by atomic mass is 79.9. The van der Waals surface area contributed by atoms with Crippen molar-refractivity contribution in [2.24, 2.45) is 0 Å². The van der Waals surface area contributed by atoms with E-state index >= 15 is 0 Å². The lowest BCUT2D eigenvalue weighted by molar-refractivity contribution is 0.0575. The number of aromatic nitrogens is 1. The second kappa shape index (κ2) is 7.22. The third-order valence-electron chi connectivity index (χ3n) is 3.78. The third kappa shape index (κ3) is 3.74. The number of ether oxygens (including phenoxy) is 1. The van der Waals surface area contributed by atoms with Gasteiger partial charge in [0.2, 0.25) is 0 Å². The molecule has 116 valence electrons. The van der Waals surface area contributed by atoms with Gasteiger partial charge in [-0.25, -0.2) is 4.98 Å². The molecule has 1 aliphatic rings. The first-order chi connectivity index (χ1) is 10.0. The van der Waals surface area contributed by atoms with E-state index in [4.69, 9.17) is 4.74 Å². The number of pyridine rings is 1. The molecule has 0 saturated carbocycles. The summed E-state index contributed by atoms with van der Waals surface area (Å²) in [6.07, 6.45) is 3.64. The van der Waals surface area contributed by atoms with Crippen molar-refractivity contribution in [2.75, 3.05) is 25.5 Å². The van der Waals surface area contributed by atoms with E-state index in [0.29, 0.717) is 18.0 Å². The summed E-state index contributed by atoms with van der Waals surface area (Å²) in [6, 6.07) is 1.94. The molecule has 1 aromatic rings. The van der Waals surface area contributed by atoms with Crippen molar-refractivity contribution < 1.29 is 9.53 Å². The fourth-order valence-electron chi connectivity index (χ4n) is 2.56. The first-order valence-electron chi connectivity index (χ1n) is 7.32. The van der Waals surface area contributed by atoms with Crippen molar-refractivity contribution in [1.82, 2.24) is 9.88 Å². The first kappa shape index (κ1) is 16.2. The number of anilines is 1. The molecule has 1 aliphatic heterocycles. The van der Waals surface area contributed by atoms with Gasteiger partial charge in [0.25, 0.3) is 5.91 Å². The highest BCUT2D eigenvalue weighted by Crippen LogP contribution is 2.24. The minimum atomic E-state index is -0.0234. The summed E-state index contributed by atoms with van der Waals surface area (Å²) in [5, 5.41) is 3.22. The number of amides is 1. The van der Waals surface area contributed by atoms with Gasteiger partial charge in [0.1, 0.15) is 5.82 Å². The molecule has 1 saturated heterocycles. The smallest absolute Gasteiger partial charge is 0.257 e. The van der Waals surface area contributed by atoms with Crippen LogP contribution in [0.5, 0.6) is 0 Å². The maximum absolute atomic E-state index is 12.8. The lowest BCUT2D eigenvalue weighted by atomic mass is 10.1. The van der Waals surface area contributed by atoms with E-state index in [9.17, 15) is 4.79 Å². The second-order valence-corrected chi connectivity index (χ2v) is 6.24. The van der Waals surface area contributed by atoms with Gasteiger partial charge in [0.05, 0.1) is 17.7 Å². The largest absolute Gasteiger partial charge is 0.376 e. The van der Waals surface area contributed by atoms with Crippen LogP contribution in [0.1, 0.15) is 37.0 Å². The fourth-order valence-corrected chi connectivity index (χ4v) is 2.89.